The minimum absolute atomic E-state index is 0.00465. The highest BCUT2D eigenvalue weighted by Crippen LogP contribution is 2.21. The van der Waals surface area contributed by atoms with Crippen LogP contribution in [-0.4, -0.2) is 15.8 Å². The van der Waals surface area contributed by atoms with Gasteiger partial charge in [0.05, 0.1) is 11.9 Å². The first-order chi connectivity index (χ1) is 8.15. The summed E-state index contributed by atoms with van der Waals surface area (Å²) in [5.41, 5.74) is 0.857. The molecule has 94 valence electrons. The number of hydrogen-bond acceptors (Lipinski definition) is 3. The van der Waals surface area contributed by atoms with Crippen LogP contribution in [0.15, 0.2) is 17.1 Å². The molecule has 0 saturated heterocycles. The molecule has 0 unspecified atom stereocenters. The molecule has 0 atom stereocenters. The van der Waals surface area contributed by atoms with Crippen molar-refractivity contribution in [2.75, 3.05) is 5.32 Å². The summed E-state index contributed by atoms with van der Waals surface area (Å²) in [4.78, 5) is 11.8. The predicted octanol–water partition coefficient (Wildman–Crippen LogP) is 2.25. The highest BCUT2D eigenvalue weighted by atomic mass is 16.1. The highest BCUT2D eigenvalue weighted by Gasteiger charge is 2.17. The Balaban J connectivity index is 1.98. The molecule has 0 amide bonds. The lowest BCUT2D eigenvalue weighted by Gasteiger charge is -2.27. The van der Waals surface area contributed by atoms with E-state index in [4.69, 9.17) is 0 Å². The molecule has 4 nitrogen and oxygen atoms in total. The maximum atomic E-state index is 11.8. The van der Waals surface area contributed by atoms with Crippen molar-refractivity contribution in [3.8, 4) is 0 Å². The molecule has 1 aromatic rings. The number of aromatic nitrogens is 2. The maximum Gasteiger partial charge on any atom is 0.268 e. The summed E-state index contributed by atoms with van der Waals surface area (Å²) in [6, 6.07) is 2.20. The Morgan fingerprint density at radius 1 is 1.53 bits per heavy atom. The van der Waals surface area contributed by atoms with Gasteiger partial charge in [0.1, 0.15) is 0 Å². The smallest absolute Gasteiger partial charge is 0.268 e. The second kappa shape index (κ2) is 5.34. The summed E-state index contributed by atoms with van der Waals surface area (Å²) in [5.74, 6) is 0.594. The van der Waals surface area contributed by atoms with Gasteiger partial charge in [0, 0.05) is 18.7 Å². The van der Waals surface area contributed by atoms with Gasteiger partial charge >= 0.3 is 0 Å². The molecule has 1 aliphatic rings. The van der Waals surface area contributed by atoms with Crippen molar-refractivity contribution in [2.24, 2.45) is 5.92 Å². The van der Waals surface area contributed by atoms with E-state index in [1.165, 1.54) is 19.3 Å². The molecule has 1 fully saturated rings. The minimum Gasteiger partial charge on any atom is -0.381 e. The van der Waals surface area contributed by atoms with Crippen LogP contribution >= 0.6 is 0 Å². The van der Waals surface area contributed by atoms with E-state index in [0.29, 0.717) is 18.5 Å². The number of nitrogens with zero attached hydrogens (tertiary/aromatic N) is 2. The van der Waals surface area contributed by atoms with Crippen molar-refractivity contribution in [3.63, 3.8) is 0 Å². The average molecular weight is 235 g/mol. The number of aryl methyl sites for hydroxylation is 1. The fraction of sp³-hybridized carbons (Fsp3) is 0.692. The first-order valence-electron chi connectivity index (χ1n) is 6.49. The molecule has 0 radical (unpaired) electrons. The summed E-state index contributed by atoms with van der Waals surface area (Å²) in [6.45, 7) is 5.01. The lowest BCUT2D eigenvalue weighted by molar-refractivity contribution is 0.443. The number of anilines is 1. The van der Waals surface area contributed by atoms with Gasteiger partial charge in [0.25, 0.3) is 5.56 Å². The minimum atomic E-state index is -0.00465. The molecule has 0 spiro atoms. The fourth-order valence-electron chi connectivity index (χ4n) is 1.85. The first-order valence-corrected chi connectivity index (χ1v) is 6.49. The Morgan fingerprint density at radius 2 is 2.29 bits per heavy atom. The standard InChI is InChI=1S/C13H21N3O/c1-10(2)6-7-16-13(17)8-12(9-14-16)15-11-4-3-5-11/h8-11,15H,3-7H2,1-2H3. The first kappa shape index (κ1) is 12.1. The zero-order valence-electron chi connectivity index (χ0n) is 10.6. The van der Waals surface area contributed by atoms with Crippen LogP contribution in [0.1, 0.15) is 39.5 Å². The van der Waals surface area contributed by atoms with Crippen molar-refractivity contribution in [1.29, 1.82) is 0 Å². The molecular weight excluding hydrogens is 214 g/mol. The molecule has 17 heavy (non-hydrogen) atoms. The topological polar surface area (TPSA) is 46.9 Å². The SMILES string of the molecule is CC(C)CCn1ncc(NC2CCC2)cc1=O. The Hall–Kier alpha value is -1.32. The van der Waals surface area contributed by atoms with Crippen LogP contribution in [0.25, 0.3) is 0 Å². The zero-order chi connectivity index (χ0) is 12.3. The van der Waals surface area contributed by atoms with Crippen LogP contribution in [0, 0.1) is 5.92 Å². The normalized spacial score (nSPS) is 15.9. The maximum absolute atomic E-state index is 11.8. The van der Waals surface area contributed by atoms with Crippen LogP contribution in [0.4, 0.5) is 5.69 Å². The number of hydrogen-bond donors (Lipinski definition) is 1. The number of rotatable bonds is 5. The molecule has 1 saturated carbocycles. The van der Waals surface area contributed by atoms with E-state index in [2.05, 4.69) is 24.3 Å². The Bertz CT molecular complexity index is 421. The van der Waals surface area contributed by atoms with Gasteiger partial charge in [-0.1, -0.05) is 13.8 Å². The molecule has 1 aliphatic carbocycles. The van der Waals surface area contributed by atoms with E-state index < -0.39 is 0 Å². The van der Waals surface area contributed by atoms with Gasteiger partial charge < -0.3 is 5.32 Å². The Kier molecular flexibility index (Phi) is 3.82. The third-order valence-electron chi connectivity index (χ3n) is 3.26. The van der Waals surface area contributed by atoms with Crippen LogP contribution in [-0.2, 0) is 6.54 Å². The lowest BCUT2D eigenvalue weighted by Crippen LogP contribution is -2.29. The van der Waals surface area contributed by atoms with Crippen molar-refractivity contribution in [3.05, 3.63) is 22.6 Å². The van der Waals surface area contributed by atoms with E-state index in [9.17, 15) is 4.79 Å². The van der Waals surface area contributed by atoms with Crippen molar-refractivity contribution >= 4 is 5.69 Å². The monoisotopic (exact) mass is 235 g/mol. The lowest BCUT2D eigenvalue weighted by atomic mass is 9.93. The third-order valence-corrected chi connectivity index (χ3v) is 3.26. The largest absolute Gasteiger partial charge is 0.381 e. The van der Waals surface area contributed by atoms with E-state index in [0.717, 1.165) is 12.1 Å². The Morgan fingerprint density at radius 3 is 2.82 bits per heavy atom. The average Bonchev–Trinajstić information content (AvgIpc) is 2.22. The zero-order valence-corrected chi connectivity index (χ0v) is 10.6. The van der Waals surface area contributed by atoms with Crippen LogP contribution < -0.4 is 10.9 Å². The van der Waals surface area contributed by atoms with E-state index in [-0.39, 0.29) is 5.56 Å². The van der Waals surface area contributed by atoms with Gasteiger partial charge in [-0.2, -0.15) is 5.10 Å². The van der Waals surface area contributed by atoms with E-state index in [1.807, 2.05) is 0 Å². The second-order valence-electron chi connectivity index (χ2n) is 5.26. The Labute approximate surface area is 102 Å². The fourth-order valence-corrected chi connectivity index (χ4v) is 1.85. The van der Waals surface area contributed by atoms with Gasteiger partial charge in [-0.05, 0) is 31.6 Å². The summed E-state index contributed by atoms with van der Waals surface area (Å²) in [6.07, 6.45) is 6.45. The molecule has 0 aliphatic heterocycles. The molecule has 1 N–H and O–H groups in total. The van der Waals surface area contributed by atoms with E-state index in [1.54, 1.807) is 16.9 Å². The molecule has 0 aromatic carbocycles. The van der Waals surface area contributed by atoms with E-state index >= 15 is 0 Å². The summed E-state index contributed by atoms with van der Waals surface area (Å²) in [5, 5.41) is 7.54. The van der Waals surface area contributed by atoms with Crippen LogP contribution in [0.3, 0.4) is 0 Å². The van der Waals surface area contributed by atoms with Gasteiger partial charge in [0.2, 0.25) is 0 Å². The highest BCUT2D eigenvalue weighted by molar-refractivity contribution is 5.40. The molecular formula is C13H21N3O. The molecule has 0 bridgehead atoms. The summed E-state index contributed by atoms with van der Waals surface area (Å²) < 4.78 is 1.55. The molecule has 4 heteroatoms. The van der Waals surface area contributed by atoms with Gasteiger partial charge in [0.15, 0.2) is 0 Å². The third kappa shape index (κ3) is 3.32. The van der Waals surface area contributed by atoms with Crippen molar-refractivity contribution in [1.82, 2.24) is 9.78 Å². The number of nitrogens with one attached hydrogen (secondary N) is 1. The predicted molar refractivity (Wildman–Crippen MR) is 69.2 cm³/mol. The summed E-state index contributed by atoms with van der Waals surface area (Å²) >= 11 is 0. The quantitative estimate of drug-likeness (QED) is 0.851. The van der Waals surface area contributed by atoms with Crippen LogP contribution in [0.5, 0.6) is 0 Å². The van der Waals surface area contributed by atoms with Gasteiger partial charge in [-0.3, -0.25) is 4.79 Å². The van der Waals surface area contributed by atoms with Crippen molar-refractivity contribution in [2.45, 2.75) is 52.1 Å². The second-order valence-corrected chi connectivity index (χ2v) is 5.26. The molecule has 1 aromatic heterocycles. The molecule has 2 rings (SSSR count). The summed E-state index contributed by atoms with van der Waals surface area (Å²) in [7, 11) is 0. The van der Waals surface area contributed by atoms with Crippen molar-refractivity contribution < 1.29 is 0 Å². The van der Waals surface area contributed by atoms with Crippen LogP contribution in [0.2, 0.25) is 0 Å². The van der Waals surface area contributed by atoms with Gasteiger partial charge in [-0.15, -0.1) is 0 Å². The molecule has 1 heterocycles. The van der Waals surface area contributed by atoms with Gasteiger partial charge in [-0.25, -0.2) is 4.68 Å².